The van der Waals surface area contributed by atoms with Gasteiger partial charge in [0, 0.05) is 31.4 Å². The number of anilines is 1. The van der Waals surface area contributed by atoms with Gasteiger partial charge in [0.05, 0.1) is 28.9 Å². The topological polar surface area (TPSA) is 92.3 Å². The molecule has 5 rings (SSSR count). The number of ether oxygens (including phenoxy) is 2. The first-order chi connectivity index (χ1) is 19.7. The highest BCUT2D eigenvalue weighted by Gasteiger charge is 2.32. The fourth-order valence-electron chi connectivity index (χ4n) is 5.14. The smallest absolute Gasteiger partial charge is 0.356 e. The molecule has 2 aromatic carbocycles. The summed E-state index contributed by atoms with van der Waals surface area (Å²) in [7, 11) is 3.09. The molecule has 1 saturated heterocycles. The molecular formula is C30H30Cl2N4O5. The van der Waals surface area contributed by atoms with Gasteiger partial charge in [0.2, 0.25) is 5.91 Å². The number of halogens is 2. The molecule has 2 amide bonds. The third kappa shape index (κ3) is 6.32. The second-order valence-corrected chi connectivity index (χ2v) is 10.9. The van der Waals surface area contributed by atoms with Crippen LogP contribution in [0.2, 0.25) is 10.0 Å². The van der Waals surface area contributed by atoms with Crippen molar-refractivity contribution >= 4 is 46.7 Å². The van der Waals surface area contributed by atoms with Crippen LogP contribution in [0.4, 0.5) is 5.69 Å². The molecule has 9 nitrogen and oxygen atoms in total. The number of likely N-dealkylation sites (tertiary alicyclic amines) is 1. The number of esters is 1. The number of rotatable bonds is 8. The van der Waals surface area contributed by atoms with Crippen LogP contribution in [0.1, 0.15) is 34.9 Å². The van der Waals surface area contributed by atoms with Crippen molar-refractivity contribution in [3.05, 3.63) is 76.0 Å². The van der Waals surface area contributed by atoms with E-state index in [-0.39, 0.29) is 41.7 Å². The van der Waals surface area contributed by atoms with E-state index in [9.17, 15) is 14.4 Å². The molecule has 2 aliphatic heterocycles. The number of fused-ring (bicyclic) bond motifs is 1. The predicted molar refractivity (Wildman–Crippen MR) is 157 cm³/mol. The Hall–Kier alpha value is -3.66. The van der Waals surface area contributed by atoms with Crippen LogP contribution in [0.15, 0.2) is 54.7 Å². The molecule has 0 bridgehead atoms. The van der Waals surface area contributed by atoms with Crippen LogP contribution in [0.25, 0.3) is 11.1 Å². The van der Waals surface area contributed by atoms with Crippen molar-refractivity contribution in [1.82, 2.24) is 14.8 Å². The minimum atomic E-state index is -0.487. The van der Waals surface area contributed by atoms with Gasteiger partial charge in [-0.15, -0.1) is 0 Å². The molecule has 1 aromatic heterocycles. The maximum Gasteiger partial charge on any atom is 0.356 e. The number of methoxy groups -OCH3 is 1. The fraction of sp³-hybridized carbons (Fsp3) is 0.333. The molecule has 3 heterocycles. The molecule has 0 radical (unpaired) electrons. The van der Waals surface area contributed by atoms with Crippen molar-refractivity contribution in [3.63, 3.8) is 0 Å². The van der Waals surface area contributed by atoms with Gasteiger partial charge in [0.25, 0.3) is 5.91 Å². The Morgan fingerprint density at radius 1 is 1.05 bits per heavy atom. The maximum atomic E-state index is 13.7. The first-order valence-corrected chi connectivity index (χ1v) is 14.1. The number of hydrogen-bond acceptors (Lipinski definition) is 7. The molecule has 11 heteroatoms. The molecule has 0 N–H and O–H groups in total. The lowest BCUT2D eigenvalue weighted by atomic mass is 10.00. The van der Waals surface area contributed by atoms with Crippen LogP contribution in [0.3, 0.4) is 0 Å². The molecule has 2 aliphatic rings. The summed E-state index contributed by atoms with van der Waals surface area (Å²) < 4.78 is 10.3. The number of carbonyl (C=O) groups excluding carboxylic acids is 3. The summed E-state index contributed by atoms with van der Waals surface area (Å²) in [6.07, 6.45) is 3.88. The number of nitrogens with zero attached hydrogens (tertiary/aromatic N) is 4. The Morgan fingerprint density at radius 3 is 2.39 bits per heavy atom. The number of amides is 2. The summed E-state index contributed by atoms with van der Waals surface area (Å²) in [6, 6.07) is 14.3. The van der Waals surface area contributed by atoms with Crippen LogP contribution in [0, 0.1) is 0 Å². The molecule has 41 heavy (non-hydrogen) atoms. The Bertz CT molecular complexity index is 1440. The lowest BCUT2D eigenvalue weighted by Gasteiger charge is -2.35. The zero-order chi connectivity index (χ0) is 29.1. The Balaban J connectivity index is 1.37. The number of aromatic nitrogens is 1. The molecule has 0 spiro atoms. The van der Waals surface area contributed by atoms with Crippen molar-refractivity contribution < 1.29 is 23.9 Å². The molecule has 0 saturated carbocycles. The van der Waals surface area contributed by atoms with Gasteiger partial charge in [-0.3, -0.25) is 14.5 Å². The van der Waals surface area contributed by atoms with Crippen molar-refractivity contribution in [2.24, 2.45) is 0 Å². The van der Waals surface area contributed by atoms with Crippen molar-refractivity contribution in [3.8, 4) is 16.9 Å². The van der Waals surface area contributed by atoms with Gasteiger partial charge in [0.1, 0.15) is 18.0 Å². The van der Waals surface area contributed by atoms with E-state index in [4.69, 9.17) is 32.7 Å². The molecule has 1 unspecified atom stereocenters. The van der Waals surface area contributed by atoms with E-state index in [1.54, 1.807) is 36.3 Å². The second-order valence-electron chi connectivity index (χ2n) is 10.1. The van der Waals surface area contributed by atoms with Crippen LogP contribution in [-0.2, 0) is 14.3 Å². The van der Waals surface area contributed by atoms with Crippen molar-refractivity contribution in [2.45, 2.75) is 18.9 Å². The number of carbonyl (C=O) groups is 3. The predicted octanol–water partition coefficient (Wildman–Crippen LogP) is 4.86. The molecule has 1 fully saturated rings. The van der Waals surface area contributed by atoms with Gasteiger partial charge in [0.15, 0.2) is 6.61 Å². The van der Waals surface area contributed by atoms with Gasteiger partial charge < -0.3 is 19.3 Å². The van der Waals surface area contributed by atoms with Crippen molar-refractivity contribution in [1.29, 1.82) is 0 Å². The molecule has 214 valence electrons. The van der Waals surface area contributed by atoms with Gasteiger partial charge >= 0.3 is 5.97 Å². The maximum absolute atomic E-state index is 13.7. The molecule has 1 atom stereocenters. The summed E-state index contributed by atoms with van der Waals surface area (Å²) in [5.41, 5.74) is 3.42. The van der Waals surface area contributed by atoms with E-state index < -0.39 is 5.97 Å². The van der Waals surface area contributed by atoms with Crippen LogP contribution < -0.4 is 9.64 Å². The van der Waals surface area contributed by atoms with E-state index in [1.807, 2.05) is 30.3 Å². The Kier molecular flexibility index (Phi) is 8.77. The third-order valence-electron chi connectivity index (χ3n) is 7.52. The fourth-order valence-corrected chi connectivity index (χ4v) is 5.45. The largest absolute Gasteiger partial charge is 0.482 e. The van der Waals surface area contributed by atoms with E-state index >= 15 is 0 Å². The van der Waals surface area contributed by atoms with Gasteiger partial charge in [-0.1, -0.05) is 53.5 Å². The highest BCUT2D eigenvalue weighted by atomic mass is 35.5. The number of hydrogen-bond donors (Lipinski definition) is 0. The average Bonchev–Trinajstić information content (AvgIpc) is 3.51. The first kappa shape index (κ1) is 28.9. The van der Waals surface area contributed by atoms with Gasteiger partial charge in [-0.25, -0.2) is 9.78 Å². The van der Waals surface area contributed by atoms with Crippen LogP contribution >= 0.6 is 23.2 Å². The lowest BCUT2D eigenvalue weighted by molar-refractivity contribution is -0.133. The zero-order valence-corrected chi connectivity index (χ0v) is 24.3. The minimum absolute atomic E-state index is 0.156. The second kappa shape index (κ2) is 12.5. The summed E-state index contributed by atoms with van der Waals surface area (Å²) in [6.45, 7) is 2.28. The van der Waals surface area contributed by atoms with Crippen LogP contribution in [0.5, 0.6) is 5.75 Å². The van der Waals surface area contributed by atoms with E-state index in [0.717, 1.165) is 42.6 Å². The molecular weight excluding hydrogens is 567 g/mol. The highest BCUT2D eigenvalue weighted by Crippen LogP contribution is 2.39. The summed E-state index contributed by atoms with van der Waals surface area (Å²) in [5.74, 6) is -0.621. The molecule has 3 aromatic rings. The average molecular weight is 597 g/mol. The number of benzene rings is 2. The van der Waals surface area contributed by atoms with Crippen LogP contribution in [-0.4, -0.2) is 79.5 Å². The first-order valence-electron chi connectivity index (χ1n) is 13.3. The van der Waals surface area contributed by atoms with E-state index in [2.05, 4.69) is 9.88 Å². The summed E-state index contributed by atoms with van der Waals surface area (Å²) >= 11 is 12.4. The lowest BCUT2D eigenvalue weighted by Crippen LogP contribution is -2.47. The van der Waals surface area contributed by atoms with Gasteiger partial charge in [-0.05, 0) is 49.2 Å². The highest BCUT2D eigenvalue weighted by molar-refractivity contribution is 6.42. The normalized spacial score (nSPS) is 15.7. The zero-order valence-electron chi connectivity index (χ0n) is 22.8. The monoisotopic (exact) mass is 596 g/mol. The summed E-state index contributed by atoms with van der Waals surface area (Å²) in [4.78, 5) is 47.9. The minimum Gasteiger partial charge on any atom is -0.482 e. The SMILES string of the molecule is COC(=O)c1ccc(-c2ccc(C(CN3CCCC3)N(C)C(=O)CN3C(=O)COc4cc(Cl)c(Cl)cc43)cc2)cn1. The van der Waals surface area contributed by atoms with E-state index in [0.29, 0.717) is 23.0 Å². The summed E-state index contributed by atoms with van der Waals surface area (Å²) in [5, 5.41) is 0.587. The quantitative estimate of drug-likeness (QED) is 0.343. The van der Waals surface area contributed by atoms with Crippen molar-refractivity contribution in [2.75, 3.05) is 51.8 Å². The van der Waals surface area contributed by atoms with E-state index in [1.165, 1.54) is 12.0 Å². The van der Waals surface area contributed by atoms with Gasteiger partial charge in [-0.2, -0.15) is 0 Å². The molecule has 0 aliphatic carbocycles. The Morgan fingerprint density at radius 2 is 1.73 bits per heavy atom. The third-order valence-corrected chi connectivity index (χ3v) is 8.24. The number of likely N-dealkylation sites (N-methyl/N-ethyl adjacent to an activating group) is 1. The number of pyridine rings is 1. The standard InChI is InChI=1S/C30H30Cl2N4O5/c1-34(28(37)17-36-25-13-22(31)23(32)14-27(25)41-18-29(36)38)26(16-35-11-3-4-12-35)20-7-5-19(6-8-20)21-9-10-24(33-15-21)30(39)40-2/h5-10,13-15,26H,3-4,11-12,16-18H2,1-2H3. The Labute approximate surface area is 248 Å².